The van der Waals surface area contributed by atoms with Crippen LogP contribution >= 0.6 is 0 Å². The third-order valence-corrected chi connectivity index (χ3v) is 8.77. The fourth-order valence-electron chi connectivity index (χ4n) is 4.97. The van der Waals surface area contributed by atoms with Gasteiger partial charge in [-0.2, -0.15) is 0 Å². The molecule has 0 N–H and O–H groups in total. The summed E-state index contributed by atoms with van der Waals surface area (Å²) in [5.74, 6) is 0.782. The highest BCUT2D eigenvalue weighted by Gasteiger charge is 2.30. The number of aromatic nitrogens is 1. The molecule has 0 bridgehead atoms. The zero-order valence-corrected chi connectivity index (χ0v) is 23.8. The molecule has 36 heavy (non-hydrogen) atoms. The molecule has 6 heteroatoms. The summed E-state index contributed by atoms with van der Waals surface area (Å²) >= 11 is 0. The lowest BCUT2D eigenvalue weighted by Gasteiger charge is -2.21. The Morgan fingerprint density at radius 1 is 0.917 bits per heavy atom. The molecule has 3 rings (SSSR count). The highest BCUT2D eigenvalue weighted by atomic mass is 32.2. The minimum atomic E-state index is -3.70. The highest BCUT2D eigenvalue weighted by molar-refractivity contribution is 7.91. The predicted octanol–water partition coefficient (Wildman–Crippen LogP) is 7.11. The topological polar surface area (TPSA) is 51.5 Å². The van der Waals surface area contributed by atoms with E-state index in [9.17, 15) is 8.42 Å². The van der Waals surface area contributed by atoms with E-state index in [1.165, 1.54) is 25.7 Å². The third-order valence-electron chi connectivity index (χ3n) is 6.93. The van der Waals surface area contributed by atoms with Crippen LogP contribution in [0, 0.1) is 6.92 Å². The van der Waals surface area contributed by atoms with Gasteiger partial charge in [-0.1, -0.05) is 52.7 Å². The number of hydrogen-bond acceptors (Lipinski definition) is 4. The Morgan fingerprint density at radius 3 is 2.11 bits per heavy atom. The summed E-state index contributed by atoms with van der Waals surface area (Å²) in [6.07, 6.45) is 5.85. The van der Waals surface area contributed by atoms with E-state index in [4.69, 9.17) is 4.74 Å². The standard InChI is InChI=1S/C30H44N2O3S/c1-7-9-19-32(20-10-8-2)21-12-22-35-25-15-17-26(18-16-25)36(33,34)30-28-24(5)13-11-14-27(28)31(6)29(30)23(3)4/h11,13-18,23H,7-10,12,19-22H2,1-6H3. The molecule has 0 atom stereocenters. The highest BCUT2D eigenvalue weighted by Crippen LogP contribution is 2.38. The lowest BCUT2D eigenvalue weighted by Crippen LogP contribution is -2.28. The number of nitrogens with zero attached hydrogens (tertiary/aromatic N) is 2. The van der Waals surface area contributed by atoms with E-state index < -0.39 is 9.84 Å². The molecule has 0 saturated carbocycles. The van der Waals surface area contributed by atoms with Crippen molar-refractivity contribution in [3.8, 4) is 5.75 Å². The lowest BCUT2D eigenvalue weighted by molar-refractivity contribution is 0.229. The molecular formula is C30H44N2O3S. The molecule has 2 aromatic carbocycles. The van der Waals surface area contributed by atoms with Gasteiger partial charge in [0.15, 0.2) is 0 Å². The Balaban J connectivity index is 1.75. The van der Waals surface area contributed by atoms with Gasteiger partial charge in [-0.3, -0.25) is 0 Å². The van der Waals surface area contributed by atoms with Crippen molar-refractivity contribution in [2.45, 2.75) is 82.4 Å². The van der Waals surface area contributed by atoms with Crippen molar-refractivity contribution in [3.05, 3.63) is 53.7 Å². The zero-order chi connectivity index (χ0) is 26.3. The summed E-state index contributed by atoms with van der Waals surface area (Å²) in [6.45, 7) is 14.5. The van der Waals surface area contributed by atoms with E-state index in [1.54, 1.807) is 24.3 Å². The fraction of sp³-hybridized carbons (Fsp3) is 0.533. The second-order valence-electron chi connectivity index (χ2n) is 10.1. The van der Waals surface area contributed by atoms with Gasteiger partial charge < -0.3 is 14.2 Å². The zero-order valence-electron chi connectivity index (χ0n) is 23.0. The molecule has 0 aliphatic heterocycles. The molecule has 3 aromatic rings. The van der Waals surface area contributed by atoms with Gasteiger partial charge >= 0.3 is 0 Å². The molecule has 5 nitrogen and oxygen atoms in total. The molecule has 0 amide bonds. The number of aryl methyl sites for hydroxylation is 2. The molecule has 0 fully saturated rings. The van der Waals surface area contributed by atoms with Crippen LogP contribution in [0.4, 0.5) is 0 Å². The van der Waals surface area contributed by atoms with Crippen LogP contribution in [0.3, 0.4) is 0 Å². The summed E-state index contributed by atoms with van der Waals surface area (Å²) in [5, 5.41) is 0.819. The van der Waals surface area contributed by atoms with Crippen LogP contribution in [0.2, 0.25) is 0 Å². The molecule has 1 aromatic heterocycles. The minimum absolute atomic E-state index is 0.0726. The third kappa shape index (κ3) is 6.33. The van der Waals surface area contributed by atoms with Gasteiger partial charge in [0.25, 0.3) is 0 Å². The smallest absolute Gasteiger partial charge is 0.209 e. The van der Waals surface area contributed by atoms with E-state index >= 15 is 0 Å². The quantitative estimate of drug-likeness (QED) is 0.216. The fourth-order valence-corrected chi connectivity index (χ4v) is 6.88. The van der Waals surface area contributed by atoms with Crippen molar-refractivity contribution in [2.24, 2.45) is 7.05 Å². The van der Waals surface area contributed by atoms with Crippen LogP contribution in [-0.4, -0.2) is 44.1 Å². The van der Waals surface area contributed by atoms with Gasteiger partial charge in [-0.15, -0.1) is 0 Å². The van der Waals surface area contributed by atoms with Crippen molar-refractivity contribution in [1.29, 1.82) is 0 Å². The van der Waals surface area contributed by atoms with E-state index in [2.05, 4.69) is 18.7 Å². The van der Waals surface area contributed by atoms with Crippen LogP contribution in [0.25, 0.3) is 10.9 Å². The minimum Gasteiger partial charge on any atom is -0.494 e. The number of hydrogen-bond donors (Lipinski definition) is 0. The Kier molecular flexibility index (Phi) is 10.0. The molecule has 0 unspecified atom stereocenters. The summed E-state index contributed by atoms with van der Waals surface area (Å²) in [4.78, 5) is 3.27. The second-order valence-corrected chi connectivity index (χ2v) is 12.0. The first-order valence-electron chi connectivity index (χ1n) is 13.5. The van der Waals surface area contributed by atoms with Crippen LogP contribution < -0.4 is 4.74 Å². The van der Waals surface area contributed by atoms with Crippen molar-refractivity contribution in [1.82, 2.24) is 9.47 Å². The van der Waals surface area contributed by atoms with Gasteiger partial charge in [0, 0.05) is 30.2 Å². The average Bonchev–Trinajstić information content (AvgIpc) is 3.18. The molecule has 0 spiro atoms. The Hall–Kier alpha value is -2.31. The van der Waals surface area contributed by atoms with Crippen molar-refractivity contribution >= 4 is 20.7 Å². The molecule has 0 aliphatic carbocycles. The van der Waals surface area contributed by atoms with Crippen LogP contribution in [0.15, 0.2) is 52.3 Å². The van der Waals surface area contributed by atoms with Crippen LogP contribution in [0.5, 0.6) is 5.75 Å². The average molecular weight is 513 g/mol. The maximum atomic E-state index is 13.9. The SMILES string of the molecule is CCCCN(CCCC)CCCOc1ccc(S(=O)(=O)c2c(C(C)C)n(C)c3cccc(C)c23)cc1. The maximum Gasteiger partial charge on any atom is 0.209 e. The molecule has 0 aliphatic rings. The van der Waals surface area contributed by atoms with Crippen LogP contribution in [0.1, 0.15) is 77.0 Å². The molecule has 198 valence electrons. The Bertz CT molecular complexity index is 1220. The first-order chi connectivity index (χ1) is 17.2. The van der Waals surface area contributed by atoms with Gasteiger partial charge in [0.1, 0.15) is 10.6 Å². The second kappa shape index (κ2) is 12.8. The van der Waals surface area contributed by atoms with Crippen molar-refractivity contribution in [3.63, 3.8) is 0 Å². The Labute approximate surface area is 218 Å². The largest absolute Gasteiger partial charge is 0.494 e. The van der Waals surface area contributed by atoms with Gasteiger partial charge in [-0.05, 0) is 81.1 Å². The van der Waals surface area contributed by atoms with Gasteiger partial charge in [-0.25, -0.2) is 8.42 Å². The summed E-state index contributed by atoms with van der Waals surface area (Å²) in [6, 6.07) is 12.9. The normalized spacial score (nSPS) is 12.2. The Morgan fingerprint density at radius 2 is 1.53 bits per heavy atom. The lowest BCUT2D eigenvalue weighted by atomic mass is 10.1. The van der Waals surface area contributed by atoms with Gasteiger partial charge in [0.2, 0.25) is 9.84 Å². The molecular weight excluding hydrogens is 468 g/mol. The van der Waals surface area contributed by atoms with Crippen LogP contribution in [-0.2, 0) is 16.9 Å². The van der Waals surface area contributed by atoms with Gasteiger partial charge in [0.05, 0.1) is 11.5 Å². The number of rotatable bonds is 14. The first-order valence-corrected chi connectivity index (χ1v) is 15.0. The number of fused-ring (bicyclic) bond motifs is 1. The van der Waals surface area contributed by atoms with Crippen molar-refractivity contribution < 1.29 is 13.2 Å². The first kappa shape index (κ1) is 28.3. The molecule has 0 saturated heterocycles. The van der Waals surface area contributed by atoms with E-state index in [-0.39, 0.29) is 5.92 Å². The van der Waals surface area contributed by atoms with Crippen molar-refractivity contribution in [2.75, 3.05) is 26.2 Å². The van der Waals surface area contributed by atoms with E-state index in [1.807, 2.05) is 50.6 Å². The number of benzene rings is 2. The number of ether oxygens (including phenoxy) is 1. The summed E-state index contributed by atoms with van der Waals surface area (Å²) in [5.41, 5.74) is 2.76. The number of sulfone groups is 1. The molecule has 1 heterocycles. The predicted molar refractivity (Wildman–Crippen MR) is 150 cm³/mol. The number of unbranched alkanes of at least 4 members (excludes halogenated alkanes) is 2. The summed E-state index contributed by atoms with van der Waals surface area (Å²) in [7, 11) is -1.74. The monoisotopic (exact) mass is 512 g/mol. The summed E-state index contributed by atoms with van der Waals surface area (Å²) < 4.78 is 35.8. The maximum absolute atomic E-state index is 13.9. The van der Waals surface area contributed by atoms with E-state index in [0.29, 0.717) is 22.1 Å². The molecule has 0 radical (unpaired) electrons. The van der Waals surface area contributed by atoms with E-state index in [0.717, 1.165) is 48.2 Å².